The lowest BCUT2D eigenvalue weighted by molar-refractivity contribution is -0.136. The third kappa shape index (κ3) is 4.05. The first-order valence-electron chi connectivity index (χ1n) is 13.7. The SMILES string of the molecule is Cn1cnnc1[C@@H](c1cccc(-n2cc3c(C(F)(F)F)cc(C(=O)N4CCC5(CC5)C4)cn3c2=O)c1)C1CCC1. The average Bonchev–Trinajstić information content (AvgIpc) is 3.17. The van der Waals surface area contributed by atoms with Crippen LogP contribution < -0.4 is 5.69 Å². The van der Waals surface area contributed by atoms with Gasteiger partial charge in [0.15, 0.2) is 0 Å². The van der Waals surface area contributed by atoms with Crippen LogP contribution in [0.25, 0.3) is 11.2 Å². The molecule has 3 aromatic heterocycles. The van der Waals surface area contributed by atoms with E-state index in [1.54, 1.807) is 17.3 Å². The van der Waals surface area contributed by atoms with Gasteiger partial charge >= 0.3 is 11.9 Å². The molecule has 7 rings (SSSR count). The van der Waals surface area contributed by atoms with E-state index in [1.807, 2.05) is 29.8 Å². The number of fused-ring (bicyclic) bond motifs is 1. The van der Waals surface area contributed by atoms with Gasteiger partial charge in [-0.3, -0.25) is 13.8 Å². The van der Waals surface area contributed by atoms with Crippen LogP contribution in [0.2, 0.25) is 0 Å². The molecule has 11 heteroatoms. The number of aryl methyl sites for hydroxylation is 1. The molecular weight excluding hydrogens is 521 g/mol. The van der Waals surface area contributed by atoms with E-state index in [9.17, 15) is 22.8 Å². The number of imidazole rings is 1. The summed E-state index contributed by atoms with van der Waals surface area (Å²) < 4.78 is 46.8. The van der Waals surface area contributed by atoms with Crippen LogP contribution in [0.1, 0.15) is 71.8 Å². The van der Waals surface area contributed by atoms with Gasteiger partial charge in [0.25, 0.3) is 5.91 Å². The van der Waals surface area contributed by atoms with Gasteiger partial charge < -0.3 is 9.47 Å². The minimum atomic E-state index is -4.74. The van der Waals surface area contributed by atoms with Crippen LogP contribution in [0.15, 0.2) is 53.8 Å². The van der Waals surface area contributed by atoms with Gasteiger partial charge in [0.1, 0.15) is 12.2 Å². The molecular formula is C29H29F3N6O2. The molecule has 4 aromatic rings. The highest BCUT2D eigenvalue weighted by Gasteiger charge is 2.49. The molecule has 2 saturated carbocycles. The van der Waals surface area contributed by atoms with Crippen LogP contribution in [0.4, 0.5) is 13.2 Å². The predicted octanol–water partition coefficient (Wildman–Crippen LogP) is 4.80. The van der Waals surface area contributed by atoms with Crippen molar-refractivity contribution in [2.45, 2.75) is 50.6 Å². The number of amides is 1. The van der Waals surface area contributed by atoms with Gasteiger partial charge in [-0.2, -0.15) is 13.2 Å². The van der Waals surface area contributed by atoms with Gasteiger partial charge in [-0.25, -0.2) is 4.79 Å². The van der Waals surface area contributed by atoms with Crippen molar-refractivity contribution in [1.29, 1.82) is 0 Å². The standard InChI is InChI=1S/C29H29F3N6O2/c1-35-17-33-34-25(35)24(18-4-2-5-18)19-6-3-7-21(12-19)37-15-23-22(29(30,31)32)13-20(14-38(23)27(37)40)26(39)36-11-10-28(16-36)8-9-28/h3,6-7,12-15,17-18,24H,2,4-5,8-11,16H2,1H3/t24-/m1/s1. The second kappa shape index (κ2) is 8.81. The number of nitrogens with zero attached hydrogens (tertiary/aromatic N) is 6. The van der Waals surface area contributed by atoms with E-state index in [4.69, 9.17) is 0 Å². The highest BCUT2D eigenvalue weighted by molar-refractivity contribution is 5.95. The van der Waals surface area contributed by atoms with Crippen molar-refractivity contribution in [1.82, 2.24) is 28.6 Å². The van der Waals surface area contributed by atoms with Crippen molar-refractivity contribution < 1.29 is 18.0 Å². The second-order valence-electron chi connectivity index (χ2n) is 11.7. The average molecular weight is 551 g/mol. The normalized spacial score (nSPS) is 19.4. The zero-order valence-electron chi connectivity index (χ0n) is 22.1. The third-order valence-electron chi connectivity index (χ3n) is 9.16. The number of pyridine rings is 1. The molecule has 0 N–H and O–H groups in total. The van der Waals surface area contributed by atoms with Gasteiger partial charge in [0, 0.05) is 38.4 Å². The van der Waals surface area contributed by atoms with Gasteiger partial charge in [-0.05, 0) is 67.2 Å². The molecule has 1 amide bonds. The summed E-state index contributed by atoms with van der Waals surface area (Å²) in [6.45, 7) is 1.08. The van der Waals surface area contributed by atoms with Crippen LogP contribution in [-0.4, -0.2) is 47.6 Å². The number of benzene rings is 1. The monoisotopic (exact) mass is 550 g/mol. The molecule has 0 radical (unpaired) electrons. The summed E-state index contributed by atoms with van der Waals surface area (Å²) in [5.74, 6) is 0.673. The molecule has 1 spiro atoms. The maximum Gasteiger partial charge on any atom is 0.418 e. The first-order valence-corrected chi connectivity index (χ1v) is 13.7. The van der Waals surface area contributed by atoms with E-state index in [0.29, 0.717) is 24.7 Å². The van der Waals surface area contributed by atoms with E-state index in [-0.39, 0.29) is 22.4 Å². The Morgan fingerprint density at radius 2 is 1.93 bits per heavy atom. The Bertz CT molecular complexity index is 1690. The largest absolute Gasteiger partial charge is 0.418 e. The number of alkyl halides is 3. The number of likely N-dealkylation sites (tertiary alicyclic amines) is 1. The van der Waals surface area contributed by atoms with E-state index >= 15 is 0 Å². The van der Waals surface area contributed by atoms with Crippen molar-refractivity contribution in [3.63, 3.8) is 0 Å². The van der Waals surface area contributed by atoms with Crippen molar-refractivity contribution in [3.05, 3.63) is 82.1 Å². The van der Waals surface area contributed by atoms with E-state index in [0.717, 1.165) is 60.4 Å². The van der Waals surface area contributed by atoms with E-state index in [1.165, 1.54) is 17.0 Å². The molecule has 40 heavy (non-hydrogen) atoms. The smallest absolute Gasteiger partial charge is 0.338 e. The number of hydrogen-bond acceptors (Lipinski definition) is 4. The van der Waals surface area contributed by atoms with Crippen LogP contribution in [0, 0.1) is 11.3 Å². The Morgan fingerprint density at radius 1 is 1.12 bits per heavy atom. The number of carbonyl (C=O) groups is 1. The van der Waals surface area contributed by atoms with Crippen LogP contribution in [0.5, 0.6) is 0 Å². The molecule has 1 saturated heterocycles. The van der Waals surface area contributed by atoms with Crippen molar-refractivity contribution in [3.8, 4) is 5.69 Å². The van der Waals surface area contributed by atoms with E-state index in [2.05, 4.69) is 10.2 Å². The lowest BCUT2D eigenvalue weighted by Gasteiger charge is -2.33. The van der Waals surface area contributed by atoms with Gasteiger partial charge in [0.2, 0.25) is 0 Å². The summed E-state index contributed by atoms with van der Waals surface area (Å²) in [7, 11) is 1.89. The molecule has 1 aromatic carbocycles. The zero-order chi connectivity index (χ0) is 27.8. The number of carbonyl (C=O) groups excluding carboxylic acids is 1. The summed E-state index contributed by atoms with van der Waals surface area (Å²) in [4.78, 5) is 28.5. The molecule has 8 nitrogen and oxygen atoms in total. The Labute approximate surface area is 228 Å². The fourth-order valence-electron chi connectivity index (χ4n) is 6.44. The fraction of sp³-hybridized carbons (Fsp3) is 0.448. The summed E-state index contributed by atoms with van der Waals surface area (Å²) in [6.07, 6.45) is 5.55. The summed E-state index contributed by atoms with van der Waals surface area (Å²) in [6, 6.07) is 8.20. The van der Waals surface area contributed by atoms with Crippen LogP contribution in [0.3, 0.4) is 0 Å². The summed E-state index contributed by atoms with van der Waals surface area (Å²) in [5, 5.41) is 8.38. The van der Waals surface area contributed by atoms with Gasteiger partial charge in [-0.15, -0.1) is 10.2 Å². The van der Waals surface area contributed by atoms with Gasteiger partial charge in [0.05, 0.1) is 22.3 Å². The molecule has 4 heterocycles. The minimum absolute atomic E-state index is 0.0425. The molecule has 3 aliphatic rings. The van der Waals surface area contributed by atoms with Crippen molar-refractivity contribution in [2.75, 3.05) is 13.1 Å². The highest BCUT2D eigenvalue weighted by Crippen LogP contribution is 2.52. The third-order valence-corrected chi connectivity index (χ3v) is 9.16. The number of rotatable bonds is 5. The minimum Gasteiger partial charge on any atom is -0.338 e. The Kier molecular flexibility index (Phi) is 5.53. The second-order valence-corrected chi connectivity index (χ2v) is 11.7. The lowest BCUT2D eigenvalue weighted by Crippen LogP contribution is -2.30. The maximum absolute atomic E-state index is 14.2. The molecule has 1 aliphatic heterocycles. The maximum atomic E-state index is 14.2. The molecule has 0 unspecified atom stereocenters. The Morgan fingerprint density at radius 3 is 2.55 bits per heavy atom. The van der Waals surface area contributed by atoms with Crippen molar-refractivity contribution >= 4 is 11.4 Å². The number of hydrogen-bond donors (Lipinski definition) is 0. The molecule has 208 valence electrons. The highest BCUT2D eigenvalue weighted by atomic mass is 19.4. The van der Waals surface area contributed by atoms with E-state index < -0.39 is 23.3 Å². The number of aromatic nitrogens is 5. The quantitative estimate of drug-likeness (QED) is 0.358. The predicted molar refractivity (Wildman–Crippen MR) is 140 cm³/mol. The van der Waals surface area contributed by atoms with Crippen LogP contribution in [-0.2, 0) is 13.2 Å². The molecule has 2 aliphatic carbocycles. The first-order chi connectivity index (χ1) is 19.1. The fourth-order valence-corrected chi connectivity index (χ4v) is 6.44. The van der Waals surface area contributed by atoms with Gasteiger partial charge in [-0.1, -0.05) is 18.6 Å². The van der Waals surface area contributed by atoms with Crippen molar-refractivity contribution in [2.24, 2.45) is 18.4 Å². The zero-order valence-corrected chi connectivity index (χ0v) is 22.1. The first kappa shape index (κ1) is 25.1. The number of halogens is 3. The lowest BCUT2D eigenvalue weighted by atomic mass is 9.72. The Balaban J connectivity index is 1.32. The Hall–Kier alpha value is -3.89. The molecule has 3 fully saturated rings. The topological polar surface area (TPSA) is 77.4 Å². The molecule has 1 atom stereocenters. The molecule has 0 bridgehead atoms. The van der Waals surface area contributed by atoms with Crippen LogP contribution >= 0.6 is 0 Å². The summed E-state index contributed by atoms with van der Waals surface area (Å²) in [5.41, 5.74) is -0.561. The summed E-state index contributed by atoms with van der Waals surface area (Å²) >= 11 is 0.